The average molecular weight is 256 g/mol. The molecule has 0 fully saturated rings. The first-order chi connectivity index (χ1) is 8.83. The molecular weight excluding hydrogens is 240 g/mol. The summed E-state index contributed by atoms with van der Waals surface area (Å²) in [6.45, 7) is 2.15. The highest BCUT2D eigenvalue weighted by Gasteiger charge is 2.12. The van der Waals surface area contributed by atoms with Gasteiger partial charge >= 0.3 is 0 Å². The second-order valence-corrected chi connectivity index (χ2v) is 5.18. The van der Waals surface area contributed by atoms with Gasteiger partial charge in [-0.15, -0.1) is 11.8 Å². The molecule has 0 aromatic heterocycles. The van der Waals surface area contributed by atoms with E-state index in [4.69, 9.17) is 0 Å². The fraction of sp³-hybridized carbons (Fsp3) is 0.188. The summed E-state index contributed by atoms with van der Waals surface area (Å²) in [7, 11) is 0. The zero-order valence-electron chi connectivity index (χ0n) is 10.4. The largest absolute Gasteiger partial charge is 0.289 e. The maximum Gasteiger partial charge on any atom is 0.194 e. The number of hydrogen-bond acceptors (Lipinski definition) is 2. The quantitative estimate of drug-likeness (QED) is 0.582. The van der Waals surface area contributed by atoms with Crippen LogP contribution in [0, 0.1) is 0 Å². The Kier molecular flexibility index (Phi) is 4.59. The van der Waals surface area contributed by atoms with Crippen LogP contribution in [-0.2, 0) is 0 Å². The molecule has 2 heteroatoms. The SMILES string of the molecule is CCCSc1ccccc1C(=O)c1ccccc1. The van der Waals surface area contributed by atoms with Gasteiger partial charge in [0.15, 0.2) is 5.78 Å². The Bertz CT molecular complexity index is 520. The first-order valence-electron chi connectivity index (χ1n) is 6.14. The minimum Gasteiger partial charge on any atom is -0.289 e. The molecule has 2 aromatic rings. The van der Waals surface area contributed by atoms with Crippen LogP contribution in [0.15, 0.2) is 59.5 Å². The van der Waals surface area contributed by atoms with E-state index in [1.165, 1.54) is 0 Å². The average Bonchev–Trinajstić information content (AvgIpc) is 2.45. The Morgan fingerprint density at radius 2 is 1.67 bits per heavy atom. The molecule has 0 bridgehead atoms. The molecule has 0 heterocycles. The number of thioether (sulfide) groups is 1. The minimum absolute atomic E-state index is 0.106. The molecule has 0 saturated heterocycles. The van der Waals surface area contributed by atoms with E-state index in [2.05, 4.69) is 6.92 Å². The van der Waals surface area contributed by atoms with Crippen LogP contribution in [-0.4, -0.2) is 11.5 Å². The highest BCUT2D eigenvalue weighted by molar-refractivity contribution is 7.99. The predicted molar refractivity (Wildman–Crippen MR) is 77.3 cm³/mol. The highest BCUT2D eigenvalue weighted by atomic mass is 32.2. The summed E-state index contributed by atoms with van der Waals surface area (Å²) >= 11 is 1.75. The van der Waals surface area contributed by atoms with Crippen molar-refractivity contribution in [2.45, 2.75) is 18.2 Å². The summed E-state index contributed by atoms with van der Waals surface area (Å²) in [5, 5.41) is 0. The summed E-state index contributed by atoms with van der Waals surface area (Å²) in [5.74, 6) is 1.15. The van der Waals surface area contributed by atoms with Crippen LogP contribution in [0.5, 0.6) is 0 Å². The van der Waals surface area contributed by atoms with Crippen LogP contribution in [0.2, 0.25) is 0 Å². The van der Waals surface area contributed by atoms with Crippen molar-refractivity contribution in [2.75, 3.05) is 5.75 Å². The van der Waals surface area contributed by atoms with E-state index in [-0.39, 0.29) is 5.78 Å². The Hall–Kier alpha value is -1.54. The fourth-order valence-electron chi connectivity index (χ4n) is 1.74. The van der Waals surface area contributed by atoms with Gasteiger partial charge in [-0.25, -0.2) is 0 Å². The molecule has 0 aliphatic carbocycles. The van der Waals surface area contributed by atoms with Gasteiger partial charge in [-0.2, -0.15) is 0 Å². The molecule has 0 unspecified atom stereocenters. The van der Waals surface area contributed by atoms with Gasteiger partial charge in [-0.3, -0.25) is 4.79 Å². The number of ketones is 1. The Balaban J connectivity index is 2.30. The molecule has 0 aliphatic rings. The molecule has 0 atom stereocenters. The summed E-state index contributed by atoms with van der Waals surface area (Å²) in [6, 6.07) is 17.3. The van der Waals surface area contributed by atoms with Crippen LogP contribution in [0.4, 0.5) is 0 Å². The molecular formula is C16H16OS. The monoisotopic (exact) mass is 256 g/mol. The second-order valence-electron chi connectivity index (χ2n) is 4.04. The number of hydrogen-bond donors (Lipinski definition) is 0. The van der Waals surface area contributed by atoms with Crippen LogP contribution in [0.3, 0.4) is 0 Å². The lowest BCUT2D eigenvalue weighted by Crippen LogP contribution is -2.02. The van der Waals surface area contributed by atoms with Crippen LogP contribution in [0.25, 0.3) is 0 Å². The zero-order chi connectivity index (χ0) is 12.8. The molecule has 0 spiro atoms. The van der Waals surface area contributed by atoms with Gasteiger partial charge in [0.1, 0.15) is 0 Å². The number of carbonyl (C=O) groups excluding carboxylic acids is 1. The lowest BCUT2D eigenvalue weighted by molar-refractivity contribution is 0.103. The summed E-state index contributed by atoms with van der Waals surface area (Å²) in [6.07, 6.45) is 1.11. The van der Waals surface area contributed by atoms with Crippen molar-refractivity contribution < 1.29 is 4.79 Å². The third-order valence-electron chi connectivity index (χ3n) is 2.63. The van der Waals surface area contributed by atoms with Crippen molar-refractivity contribution in [3.8, 4) is 0 Å². The minimum atomic E-state index is 0.106. The molecule has 0 amide bonds. The van der Waals surface area contributed by atoms with Gasteiger partial charge in [0, 0.05) is 16.0 Å². The van der Waals surface area contributed by atoms with E-state index in [1.54, 1.807) is 11.8 Å². The zero-order valence-corrected chi connectivity index (χ0v) is 11.2. The van der Waals surface area contributed by atoms with Gasteiger partial charge < -0.3 is 0 Å². The van der Waals surface area contributed by atoms with E-state index in [1.807, 2.05) is 54.6 Å². The van der Waals surface area contributed by atoms with Crippen molar-refractivity contribution in [2.24, 2.45) is 0 Å². The Morgan fingerprint density at radius 3 is 2.39 bits per heavy atom. The molecule has 0 saturated carbocycles. The van der Waals surface area contributed by atoms with Gasteiger partial charge in [0.05, 0.1) is 0 Å². The molecule has 92 valence electrons. The molecule has 1 nitrogen and oxygen atoms in total. The van der Waals surface area contributed by atoms with Gasteiger partial charge in [-0.1, -0.05) is 49.4 Å². The third-order valence-corrected chi connectivity index (χ3v) is 3.91. The van der Waals surface area contributed by atoms with Gasteiger partial charge in [0.2, 0.25) is 0 Å². The highest BCUT2D eigenvalue weighted by Crippen LogP contribution is 2.25. The van der Waals surface area contributed by atoms with Crippen molar-refractivity contribution in [3.05, 3.63) is 65.7 Å². The van der Waals surface area contributed by atoms with Crippen LogP contribution in [0.1, 0.15) is 29.3 Å². The maximum absolute atomic E-state index is 12.4. The molecule has 0 N–H and O–H groups in total. The van der Waals surface area contributed by atoms with E-state index >= 15 is 0 Å². The van der Waals surface area contributed by atoms with Gasteiger partial charge in [0.25, 0.3) is 0 Å². The first kappa shape index (κ1) is 12.9. The standard InChI is InChI=1S/C16H16OS/c1-2-12-18-15-11-7-6-10-14(15)16(17)13-8-4-3-5-9-13/h3-11H,2,12H2,1H3. The van der Waals surface area contributed by atoms with E-state index in [0.29, 0.717) is 0 Å². The summed E-state index contributed by atoms with van der Waals surface area (Å²) in [4.78, 5) is 13.5. The number of rotatable bonds is 5. The Labute approximate surface area is 112 Å². The summed E-state index contributed by atoms with van der Waals surface area (Å²) < 4.78 is 0. The van der Waals surface area contributed by atoms with Crippen molar-refractivity contribution in [1.82, 2.24) is 0 Å². The second kappa shape index (κ2) is 6.41. The summed E-state index contributed by atoms with van der Waals surface area (Å²) in [5.41, 5.74) is 1.56. The van der Waals surface area contributed by atoms with Gasteiger partial charge in [-0.05, 0) is 24.3 Å². The topological polar surface area (TPSA) is 17.1 Å². The van der Waals surface area contributed by atoms with E-state index in [9.17, 15) is 4.79 Å². The fourth-order valence-corrected chi connectivity index (χ4v) is 2.65. The van der Waals surface area contributed by atoms with E-state index < -0.39 is 0 Å². The first-order valence-corrected chi connectivity index (χ1v) is 7.13. The van der Waals surface area contributed by atoms with Crippen molar-refractivity contribution in [3.63, 3.8) is 0 Å². The number of carbonyl (C=O) groups is 1. The molecule has 18 heavy (non-hydrogen) atoms. The predicted octanol–water partition coefficient (Wildman–Crippen LogP) is 4.42. The third kappa shape index (κ3) is 3.02. The van der Waals surface area contributed by atoms with Crippen molar-refractivity contribution >= 4 is 17.5 Å². The van der Waals surface area contributed by atoms with Crippen LogP contribution < -0.4 is 0 Å². The molecule has 0 aliphatic heterocycles. The molecule has 2 aromatic carbocycles. The normalized spacial score (nSPS) is 10.3. The van der Waals surface area contributed by atoms with E-state index in [0.717, 1.165) is 28.2 Å². The molecule has 0 radical (unpaired) electrons. The van der Waals surface area contributed by atoms with Crippen LogP contribution >= 0.6 is 11.8 Å². The Morgan fingerprint density at radius 1 is 1.00 bits per heavy atom. The maximum atomic E-state index is 12.4. The molecule has 2 rings (SSSR count). The smallest absolute Gasteiger partial charge is 0.194 e. The van der Waals surface area contributed by atoms with Crippen molar-refractivity contribution in [1.29, 1.82) is 0 Å². The number of benzene rings is 2. The lowest BCUT2D eigenvalue weighted by Gasteiger charge is -2.07. The lowest BCUT2D eigenvalue weighted by atomic mass is 10.0.